The third-order valence-corrected chi connectivity index (χ3v) is 3.27. The van der Waals surface area contributed by atoms with E-state index in [1.54, 1.807) is 0 Å². The molecule has 0 unspecified atom stereocenters. The second kappa shape index (κ2) is 3.95. The Bertz CT molecular complexity index is 555. The maximum atomic E-state index is 11.0. The van der Waals surface area contributed by atoms with Crippen molar-refractivity contribution in [2.45, 2.75) is 26.8 Å². The molecule has 0 aliphatic heterocycles. The quantitative estimate of drug-likeness (QED) is 0.722. The van der Waals surface area contributed by atoms with Gasteiger partial charge >= 0.3 is 0 Å². The van der Waals surface area contributed by atoms with E-state index in [0.29, 0.717) is 5.69 Å². The predicted octanol–water partition coefficient (Wildman–Crippen LogP) is 4.00. The topological polar surface area (TPSA) is 22.0 Å². The molecule has 0 saturated heterocycles. The summed E-state index contributed by atoms with van der Waals surface area (Å²) in [7, 11) is 0. The third kappa shape index (κ3) is 1.54. The first-order valence-corrected chi connectivity index (χ1v) is 5.69. The standard InChI is InChI=1S/C13H14ClNO/c1-8(2)15-11(7-16)6-10-4-5-12(14)9(3)13(10)15/h4-8H,1-3H3. The van der Waals surface area contributed by atoms with Crippen LogP contribution in [0.3, 0.4) is 0 Å². The van der Waals surface area contributed by atoms with Crippen molar-refractivity contribution in [3.63, 3.8) is 0 Å². The molecule has 0 radical (unpaired) electrons. The van der Waals surface area contributed by atoms with Crippen molar-refractivity contribution in [2.75, 3.05) is 0 Å². The minimum absolute atomic E-state index is 0.245. The van der Waals surface area contributed by atoms with E-state index in [9.17, 15) is 4.79 Å². The molecule has 16 heavy (non-hydrogen) atoms. The first kappa shape index (κ1) is 11.2. The van der Waals surface area contributed by atoms with Crippen LogP contribution in [0.2, 0.25) is 5.02 Å². The van der Waals surface area contributed by atoms with E-state index in [4.69, 9.17) is 11.6 Å². The minimum atomic E-state index is 0.245. The zero-order chi connectivity index (χ0) is 11.9. The first-order chi connectivity index (χ1) is 7.56. The molecular formula is C13H14ClNO. The molecule has 0 spiro atoms. The van der Waals surface area contributed by atoms with E-state index in [0.717, 1.165) is 27.8 Å². The van der Waals surface area contributed by atoms with Crippen LogP contribution in [-0.4, -0.2) is 10.9 Å². The number of aromatic nitrogens is 1. The summed E-state index contributed by atoms with van der Waals surface area (Å²) in [6.45, 7) is 6.11. The zero-order valence-corrected chi connectivity index (χ0v) is 10.4. The van der Waals surface area contributed by atoms with Gasteiger partial charge in [-0.25, -0.2) is 0 Å². The zero-order valence-electron chi connectivity index (χ0n) is 9.62. The van der Waals surface area contributed by atoms with Gasteiger partial charge in [0.25, 0.3) is 0 Å². The molecule has 3 heteroatoms. The highest BCUT2D eigenvalue weighted by Gasteiger charge is 2.13. The van der Waals surface area contributed by atoms with Crippen LogP contribution in [0.15, 0.2) is 18.2 Å². The highest BCUT2D eigenvalue weighted by atomic mass is 35.5. The number of carbonyl (C=O) groups is 1. The van der Waals surface area contributed by atoms with Gasteiger partial charge in [-0.15, -0.1) is 0 Å². The average molecular weight is 236 g/mol. The Morgan fingerprint density at radius 2 is 2.06 bits per heavy atom. The smallest absolute Gasteiger partial charge is 0.166 e. The van der Waals surface area contributed by atoms with E-state index in [1.807, 2.05) is 29.7 Å². The summed E-state index contributed by atoms with van der Waals surface area (Å²) in [6.07, 6.45) is 0.896. The van der Waals surface area contributed by atoms with Crippen molar-refractivity contribution in [1.29, 1.82) is 0 Å². The summed E-state index contributed by atoms with van der Waals surface area (Å²) in [4.78, 5) is 11.0. The Hall–Kier alpha value is -1.28. The normalized spacial score (nSPS) is 11.3. The lowest BCUT2D eigenvalue weighted by molar-refractivity contribution is 0.111. The van der Waals surface area contributed by atoms with Crippen molar-refractivity contribution in [3.05, 3.63) is 34.5 Å². The van der Waals surface area contributed by atoms with Gasteiger partial charge in [0.2, 0.25) is 0 Å². The second-order valence-corrected chi connectivity index (χ2v) is 4.67. The van der Waals surface area contributed by atoms with Crippen molar-refractivity contribution < 1.29 is 4.79 Å². The van der Waals surface area contributed by atoms with Gasteiger partial charge in [0, 0.05) is 16.5 Å². The first-order valence-electron chi connectivity index (χ1n) is 5.31. The Labute approximate surface area is 99.8 Å². The Morgan fingerprint density at radius 3 is 2.62 bits per heavy atom. The Balaban J connectivity index is 2.92. The summed E-state index contributed by atoms with van der Waals surface area (Å²) in [5.41, 5.74) is 2.79. The number of aryl methyl sites for hydroxylation is 1. The fraction of sp³-hybridized carbons (Fsp3) is 0.308. The van der Waals surface area contributed by atoms with Crippen LogP contribution in [0.25, 0.3) is 10.9 Å². The molecule has 2 aromatic rings. The molecule has 1 aromatic heterocycles. The van der Waals surface area contributed by atoms with E-state index in [2.05, 4.69) is 13.8 Å². The average Bonchev–Trinajstić information content (AvgIpc) is 2.62. The van der Waals surface area contributed by atoms with E-state index >= 15 is 0 Å². The molecule has 2 rings (SSSR count). The van der Waals surface area contributed by atoms with Gasteiger partial charge in [-0.2, -0.15) is 0 Å². The Kier molecular flexibility index (Phi) is 2.76. The molecule has 0 fully saturated rings. The highest BCUT2D eigenvalue weighted by molar-refractivity contribution is 6.32. The Morgan fingerprint density at radius 1 is 1.38 bits per heavy atom. The highest BCUT2D eigenvalue weighted by Crippen LogP contribution is 2.30. The van der Waals surface area contributed by atoms with Crippen LogP contribution in [0.1, 0.15) is 35.9 Å². The van der Waals surface area contributed by atoms with Crippen molar-refractivity contribution in [3.8, 4) is 0 Å². The van der Waals surface area contributed by atoms with Gasteiger partial charge in [-0.3, -0.25) is 4.79 Å². The molecule has 1 heterocycles. The third-order valence-electron chi connectivity index (χ3n) is 2.86. The SMILES string of the molecule is Cc1c(Cl)ccc2cc(C=O)n(C(C)C)c12. The van der Waals surface area contributed by atoms with E-state index in [-0.39, 0.29) is 6.04 Å². The molecule has 0 aliphatic rings. The van der Waals surface area contributed by atoms with Gasteiger partial charge in [-0.05, 0) is 38.5 Å². The lowest BCUT2D eigenvalue weighted by Gasteiger charge is -2.13. The molecule has 0 atom stereocenters. The van der Waals surface area contributed by atoms with Crippen molar-refractivity contribution in [1.82, 2.24) is 4.57 Å². The molecular weight excluding hydrogens is 222 g/mol. The maximum Gasteiger partial charge on any atom is 0.166 e. The molecule has 0 aliphatic carbocycles. The van der Waals surface area contributed by atoms with Gasteiger partial charge in [0.05, 0.1) is 11.2 Å². The van der Waals surface area contributed by atoms with Crippen LogP contribution in [0, 0.1) is 6.92 Å². The van der Waals surface area contributed by atoms with E-state index < -0.39 is 0 Å². The monoisotopic (exact) mass is 235 g/mol. The van der Waals surface area contributed by atoms with Crippen molar-refractivity contribution in [2.24, 2.45) is 0 Å². The second-order valence-electron chi connectivity index (χ2n) is 4.26. The molecule has 0 bridgehead atoms. The van der Waals surface area contributed by atoms with Crippen LogP contribution in [0.4, 0.5) is 0 Å². The van der Waals surface area contributed by atoms with Gasteiger partial charge in [-0.1, -0.05) is 17.7 Å². The number of rotatable bonds is 2. The molecule has 2 nitrogen and oxygen atoms in total. The number of aldehydes is 1. The van der Waals surface area contributed by atoms with Gasteiger partial charge in [0.1, 0.15) is 0 Å². The van der Waals surface area contributed by atoms with Crippen molar-refractivity contribution >= 4 is 28.8 Å². The van der Waals surface area contributed by atoms with Crippen LogP contribution in [0.5, 0.6) is 0 Å². The van der Waals surface area contributed by atoms with Gasteiger partial charge in [0.15, 0.2) is 6.29 Å². The number of fused-ring (bicyclic) bond motifs is 1. The van der Waals surface area contributed by atoms with E-state index in [1.165, 1.54) is 0 Å². The summed E-state index contributed by atoms with van der Waals surface area (Å²) >= 11 is 6.12. The summed E-state index contributed by atoms with van der Waals surface area (Å²) < 4.78 is 2.03. The number of hydrogen-bond donors (Lipinski definition) is 0. The van der Waals surface area contributed by atoms with Crippen LogP contribution < -0.4 is 0 Å². The van der Waals surface area contributed by atoms with Crippen LogP contribution >= 0.6 is 11.6 Å². The number of nitrogens with zero attached hydrogens (tertiary/aromatic N) is 1. The predicted molar refractivity (Wildman–Crippen MR) is 67.5 cm³/mol. The van der Waals surface area contributed by atoms with Crippen LogP contribution in [-0.2, 0) is 0 Å². The number of carbonyl (C=O) groups excluding carboxylic acids is 1. The minimum Gasteiger partial charge on any atom is -0.336 e. The van der Waals surface area contributed by atoms with Gasteiger partial charge < -0.3 is 4.57 Å². The molecule has 1 aromatic carbocycles. The molecule has 84 valence electrons. The number of hydrogen-bond acceptors (Lipinski definition) is 1. The molecule has 0 amide bonds. The fourth-order valence-electron chi connectivity index (χ4n) is 2.14. The summed E-state index contributed by atoms with van der Waals surface area (Å²) in [5, 5.41) is 1.81. The summed E-state index contributed by atoms with van der Waals surface area (Å²) in [5.74, 6) is 0. The lowest BCUT2D eigenvalue weighted by atomic mass is 10.1. The fourth-order valence-corrected chi connectivity index (χ4v) is 2.29. The maximum absolute atomic E-state index is 11.0. The summed E-state index contributed by atoms with van der Waals surface area (Å²) in [6, 6.07) is 5.98. The lowest BCUT2D eigenvalue weighted by Crippen LogP contribution is -2.05. The number of halogens is 1. The number of benzene rings is 1. The molecule has 0 N–H and O–H groups in total. The molecule has 0 saturated carbocycles. The largest absolute Gasteiger partial charge is 0.336 e.